The Kier molecular flexibility index (Phi) is 9.20. The van der Waals surface area contributed by atoms with Crippen LogP contribution >= 0.6 is 0 Å². The van der Waals surface area contributed by atoms with Crippen molar-refractivity contribution in [2.75, 3.05) is 0 Å². The van der Waals surface area contributed by atoms with E-state index in [-0.39, 0.29) is 0 Å². The molecule has 0 atom stereocenters. The van der Waals surface area contributed by atoms with Crippen LogP contribution in [0.4, 0.5) is 0 Å². The van der Waals surface area contributed by atoms with E-state index in [1.807, 2.05) is 72.8 Å². The third kappa shape index (κ3) is 6.59. The number of hydrogen-bond acceptors (Lipinski definition) is 6. The number of hydrogen-bond donors (Lipinski definition) is 0. The van der Waals surface area contributed by atoms with Crippen LogP contribution in [0.2, 0.25) is 0 Å². The molecular formula is C69H40N4O3. The maximum absolute atomic E-state index is 7.00. The summed E-state index contributed by atoms with van der Waals surface area (Å²) in [6, 6.07) is 84.6. The van der Waals surface area contributed by atoms with E-state index in [9.17, 15) is 0 Å². The molecule has 354 valence electrons. The topological polar surface area (TPSA) is 83.0 Å². The molecule has 11 aromatic carbocycles. The van der Waals surface area contributed by atoms with Gasteiger partial charge in [0.25, 0.3) is 0 Å². The van der Waals surface area contributed by atoms with Gasteiger partial charge >= 0.3 is 0 Å². The van der Waals surface area contributed by atoms with Gasteiger partial charge in [-0.15, -0.1) is 0 Å². The molecule has 16 rings (SSSR count). The first-order chi connectivity index (χ1) is 37.6. The Bertz CT molecular complexity index is 5010. The van der Waals surface area contributed by atoms with Crippen molar-refractivity contribution in [1.82, 2.24) is 19.5 Å². The number of aromatic nitrogens is 4. The maximum atomic E-state index is 7.00. The molecule has 0 radical (unpaired) electrons. The zero-order chi connectivity index (χ0) is 49.8. The summed E-state index contributed by atoms with van der Waals surface area (Å²) in [5.74, 6) is 1.66. The van der Waals surface area contributed by atoms with Crippen LogP contribution in [0.1, 0.15) is 0 Å². The van der Waals surface area contributed by atoms with Gasteiger partial charge in [0.1, 0.15) is 27.9 Å². The van der Waals surface area contributed by atoms with Gasteiger partial charge in [-0.05, 0) is 106 Å². The molecule has 0 aliphatic heterocycles. The molecule has 0 saturated heterocycles. The Morgan fingerprint density at radius 3 is 1.67 bits per heavy atom. The van der Waals surface area contributed by atoms with Crippen molar-refractivity contribution in [3.05, 3.63) is 243 Å². The zero-order valence-corrected chi connectivity index (χ0v) is 40.6. The number of para-hydroxylation sites is 3. The van der Waals surface area contributed by atoms with Crippen LogP contribution < -0.4 is 0 Å². The quantitative estimate of drug-likeness (QED) is 0.158. The molecular weight excluding hydrogens is 933 g/mol. The van der Waals surface area contributed by atoms with E-state index in [4.69, 9.17) is 28.2 Å². The van der Waals surface area contributed by atoms with E-state index in [1.54, 1.807) is 0 Å². The molecule has 7 nitrogen and oxygen atoms in total. The summed E-state index contributed by atoms with van der Waals surface area (Å²) in [6.45, 7) is 0. The molecule has 0 unspecified atom stereocenters. The Balaban J connectivity index is 0.860. The molecule has 0 N–H and O–H groups in total. The fraction of sp³-hybridized carbons (Fsp3) is 0. The first-order valence-corrected chi connectivity index (χ1v) is 25.5. The fourth-order valence-corrected chi connectivity index (χ4v) is 11.5. The minimum absolute atomic E-state index is 0.541. The number of fused-ring (bicyclic) bond motifs is 12. The lowest BCUT2D eigenvalue weighted by molar-refractivity contribution is 0.666. The molecule has 0 fully saturated rings. The standard InChI is InChI=1S/C69H40N4O3/c1-3-15-41(16-4-1)43-19-13-20-44(37-43)45-30-34-57-54(38-45)49-21-7-10-25-56(49)73(57)58-35-33-48(65-52-23-9-12-27-60(52)76-66(58)65)46-31-36-61-55(39-46)64-53(24-14-28-62(64)74-61)69-71-67(42-17-5-2-6-18-42)70-68(72-69)47-29-32-51-50-22-8-11-26-59(50)75-63(51)40-47/h1-40H. The zero-order valence-electron chi connectivity index (χ0n) is 40.6. The van der Waals surface area contributed by atoms with Crippen LogP contribution in [-0.4, -0.2) is 19.5 Å². The van der Waals surface area contributed by atoms with Gasteiger partial charge in [0, 0.05) is 59.8 Å². The molecule has 0 amide bonds. The summed E-state index contributed by atoms with van der Waals surface area (Å²) in [4.78, 5) is 15.5. The molecule has 0 aliphatic rings. The normalized spacial score (nSPS) is 11.9. The highest BCUT2D eigenvalue weighted by atomic mass is 16.3. The van der Waals surface area contributed by atoms with E-state index < -0.39 is 0 Å². The number of rotatable bonds is 7. The smallest absolute Gasteiger partial charge is 0.164 e. The Labute approximate surface area is 434 Å². The van der Waals surface area contributed by atoms with Crippen LogP contribution in [-0.2, 0) is 0 Å². The van der Waals surface area contributed by atoms with Crippen molar-refractivity contribution in [1.29, 1.82) is 0 Å². The van der Waals surface area contributed by atoms with Gasteiger partial charge in [0.05, 0.1) is 16.7 Å². The second-order valence-electron chi connectivity index (χ2n) is 19.4. The molecule has 0 bridgehead atoms. The first-order valence-electron chi connectivity index (χ1n) is 25.5. The highest BCUT2D eigenvalue weighted by Gasteiger charge is 2.24. The molecule has 0 aliphatic carbocycles. The number of benzene rings is 11. The summed E-state index contributed by atoms with van der Waals surface area (Å²) >= 11 is 0. The second kappa shape index (κ2) is 16.6. The van der Waals surface area contributed by atoms with Gasteiger partial charge in [-0.25, -0.2) is 15.0 Å². The van der Waals surface area contributed by atoms with Crippen molar-refractivity contribution in [3.8, 4) is 73.2 Å². The average molecular weight is 973 g/mol. The van der Waals surface area contributed by atoms with Gasteiger partial charge in [-0.3, -0.25) is 0 Å². The lowest BCUT2D eigenvalue weighted by Crippen LogP contribution is -2.00. The number of furan rings is 3. The summed E-state index contributed by atoms with van der Waals surface area (Å²) in [5, 5.41) is 8.41. The third-order valence-electron chi connectivity index (χ3n) is 15.1. The van der Waals surface area contributed by atoms with Gasteiger partial charge in [-0.2, -0.15) is 0 Å². The summed E-state index contributed by atoms with van der Waals surface area (Å²) < 4.78 is 22.4. The Morgan fingerprint density at radius 2 is 0.829 bits per heavy atom. The molecule has 7 heteroatoms. The van der Waals surface area contributed by atoms with Gasteiger partial charge in [0.2, 0.25) is 0 Å². The molecule has 5 aromatic heterocycles. The average Bonchev–Trinajstić information content (AvgIpc) is 4.36. The minimum Gasteiger partial charge on any atom is -0.456 e. The van der Waals surface area contributed by atoms with Crippen molar-refractivity contribution in [2.24, 2.45) is 0 Å². The predicted octanol–water partition coefficient (Wildman–Crippen LogP) is 18.7. The third-order valence-corrected chi connectivity index (χ3v) is 15.1. The van der Waals surface area contributed by atoms with Crippen molar-refractivity contribution in [3.63, 3.8) is 0 Å². The monoisotopic (exact) mass is 972 g/mol. The highest BCUT2D eigenvalue weighted by Crippen LogP contribution is 2.45. The molecule has 0 spiro atoms. The lowest BCUT2D eigenvalue weighted by atomic mass is 9.96. The molecule has 76 heavy (non-hydrogen) atoms. The van der Waals surface area contributed by atoms with E-state index >= 15 is 0 Å². The molecule has 16 aromatic rings. The second-order valence-corrected chi connectivity index (χ2v) is 19.4. The van der Waals surface area contributed by atoms with E-state index in [2.05, 4.69) is 174 Å². The van der Waals surface area contributed by atoms with E-state index in [0.717, 1.165) is 116 Å². The van der Waals surface area contributed by atoms with Gasteiger partial charge < -0.3 is 17.8 Å². The lowest BCUT2D eigenvalue weighted by Gasteiger charge is -2.12. The molecule has 5 heterocycles. The largest absolute Gasteiger partial charge is 0.456 e. The van der Waals surface area contributed by atoms with Gasteiger partial charge in [-0.1, -0.05) is 170 Å². The van der Waals surface area contributed by atoms with Crippen molar-refractivity contribution in [2.45, 2.75) is 0 Å². The van der Waals surface area contributed by atoms with Crippen LogP contribution in [0.15, 0.2) is 256 Å². The fourth-order valence-electron chi connectivity index (χ4n) is 11.5. The van der Waals surface area contributed by atoms with Crippen LogP contribution in [0.5, 0.6) is 0 Å². The predicted molar refractivity (Wildman–Crippen MR) is 309 cm³/mol. The van der Waals surface area contributed by atoms with Crippen LogP contribution in [0.25, 0.3) is 161 Å². The van der Waals surface area contributed by atoms with Crippen molar-refractivity contribution >= 4 is 87.6 Å². The van der Waals surface area contributed by atoms with Gasteiger partial charge in [0.15, 0.2) is 23.1 Å². The van der Waals surface area contributed by atoms with E-state index in [0.29, 0.717) is 17.5 Å². The Morgan fingerprint density at radius 1 is 0.263 bits per heavy atom. The first kappa shape index (κ1) is 42.2. The van der Waals surface area contributed by atoms with E-state index in [1.165, 1.54) is 27.5 Å². The summed E-state index contributed by atoms with van der Waals surface area (Å²) in [6.07, 6.45) is 0. The molecule has 0 saturated carbocycles. The maximum Gasteiger partial charge on any atom is 0.164 e. The summed E-state index contributed by atoms with van der Waals surface area (Å²) in [7, 11) is 0. The van der Waals surface area contributed by atoms with Crippen LogP contribution in [0, 0.1) is 0 Å². The number of nitrogens with zero attached hydrogens (tertiary/aromatic N) is 4. The van der Waals surface area contributed by atoms with Crippen molar-refractivity contribution < 1.29 is 13.3 Å². The minimum atomic E-state index is 0.541. The Hall–Kier alpha value is -10.4. The van der Waals surface area contributed by atoms with Crippen LogP contribution in [0.3, 0.4) is 0 Å². The summed E-state index contributed by atoms with van der Waals surface area (Å²) in [5.41, 5.74) is 17.3. The highest BCUT2D eigenvalue weighted by molar-refractivity contribution is 6.19. The SMILES string of the molecule is c1ccc(-c2cccc(-c3ccc4c(c3)c3ccccc3n4-c3ccc(-c4ccc5oc6cccc(-c7nc(-c8ccccc8)nc(-c8ccc9c(c8)oc8ccccc89)n7)c6c5c4)c4c3oc3ccccc34)c2)cc1.